The standard InChI is InChI=1S/C92H154NO8P/c1-6-8-10-12-14-16-18-20-22-24-26-28-30-32-34-36-38-40-42-44-45-46-47-49-51-53-55-57-59-61-63-65-67-69-71-73-75-77-79-81-83-85-92(95)101-90(89-100-102(96,97)99-87-86-93(3,4)5)88-98-91(94)84-82-80-78-76-74-72-70-68-66-64-62-60-58-56-54-52-50-48-43-41-39-37-35-33-31-29-27-25-23-21-19-17-15-13-11-9-7-2/h8-11,14-17,20-23,26-29,32-35,38-41,44-45,47,49,53,55,90H,6-7,12-13,18-19,24-25,30-31,36-37,42-43,46,48,50-52,54,56-89H2,1-5H3/b10-8-,11-9-,16-14-,17-15-,22-20-,23-21-,28-26-,29-27-,34-32-,35-33-,40-38-,41-39-,45-44-,49-47-,55-53-. The van der Waals surface area contributed by atoms with Crippen molar-refractivity contribution in [3.05, 3.63) is 182 Å². The third-order valence-electron chi connectivity index (χ3n) is 17.4. The number of ether oxygens (including phenoxy) is 2. The van der Waals surface area contributed by atoms with Gasteiger partial charge in [-0.25, -0.2) is 0 Å². The topological polar surface area (TPSA) is 111 Å². The Hall–Kier alpha value is -4.89. The number of esters is 2. The molecule has 0 rings (SSSR count). The third kappa shape index (κ3) is 84.1. The molecule has 0 aromatic carbocycles. The lowest BCUT2D eigenvalue weighted by atomic mass is 10.0. The zero-order valence-corrected chi connectivity index (χ0v) is 67.1. The lowest BCUT2D eigenvalue weighted by molar-refractivity contribution is -0.870. The molecule has 0 aliphatic heterocycles. The Labute approximate surface area is 629 Å². The number of hydrogen-bond donors (Lipinski definition) is 0. The summed E-state index contributed by atoms with van der Waals surface area (Å²) < 4.78 is 34.4. The smallest absolute Gasteiger partial charge is 0.306 e. The Morgan fingerprint density at radius 1 is 0.304 bits per heavy atom. The quantitative estimate of drug-likeness (QED) is 0.0195. The number of unbranched alkanes of at least 4 members (excludes halogenated alkanes) is 31. The maximum Gasteiger partial charge on any atom is 0.306 e. The van der Waals surface area contributed by atoms with Gasteiger partial charge in [0.25, 0.3) is 7.82 Å². The first-order valence-corrected chi connectivity index (χ1v) is 43.0. The van der Waals surface area contributed by atoms with Gasteiger partial charge in [0.2, 0.25) is 0 Å². The largest absolute Gasteiger partial charge is 0.756 e. The molecule has 0 amide bonds. The van der Waals surface area contributed by atoms with Crippen LogP contribution in [-0.2, 0) is 32.7 Å². The predicted octanol–water partition coefficient (Wildman–Crippen LogP) is 27.5. The maximum atomic E-state index is 12.9. The number of allylic oxidation sites excluding steroid dienone is 30. The number of carbonyl (C=O) groups is 2. The highest BCUT2D eigenvalue weighted by molar-refractivity contribution is 7.45. The van der Waals surface area contributed by atoms with Crippen molar-refractivity contribution in [3.8, 4) is 0 Å². The van der Waals surface area contributed by atoms with Crippen LogP contribution in [0.4, 0.5) is 0 Å². The van der Waals surface area contributed by atoms with Crippen molar-refractivity contribution in [2.45, 2.75) is 341 Å². The highest BCUT2D eigenvalue weighted by atomic mass is 31.2. The van der Waals surface area contributed by atoms with Crippen molar-refractivity contribution in [2.24, 2.45) is 0 Å². The number of carbonyl (C=O) groups excluding carboxylic acids is 2. The molecule has 10 heteroatoms. The molecule has 102 heavy (non-hydrogen) atoms. The van der Waals surface area contributed by atoms with Gasteiger partial charge in [0.15, 0.2) is 6.10 Å². The van der Waals surface area contributed by atoms with E-state index in [9.17, 15) is 19.0 Å². The Balaban J connectivity index is 4.00. The molecule has 0 spiro atoms. The van der Waals surface area contributed by atoms with E-state index in [0.29, 0.717) is 17.4 Å². The van der Waals surface area contributed by atoms with Gasteiger partial charge in [0.1, 0.15) is 19.8 Å². The third-order valence-corrected chi connectivity index (χ3v) is 18.4. The van der Waals surface area contributed by atoms with Crippen molar-refractivity contribution in [1.29, 1.82) is 0 Å². The van der Waals surface area contributed by atoms with Gasteiger partial charge < -0.3 is 27.9 Å². The van der Waals surface area contributed by atoms with Crippen LogP contribution < -0.4 is 4.89 Å². The molecule has 0 N–H and O–H groups in total. The van der Waals surface area contributed by atoms with Crippen molar-refractivity contribution in [2.75, 3.05) is 47.5 Å². The van der Waals surface area contributed by atoms with Crippen LogP contribution in [0.1, 0.15) is 335 Å². The number of nitrogens with zero attached hydrogens (tertiary/aromatic N) is 1. The summed E-state index contributed by atoms with van der Waals surface area (Å²) in [4.78, 5) is 38.2. The maximum absolute atomic E-state index is 12.9. The number of quaternary nitrogens is 1. The number of hydrogen-bond acceptors (Lipinski definition) is 8. The van der Waals surface area contributed by atoms with Gasteiger partial charge in [-0.2, -0.15) is 0 Å². The molecule has 2 unspecified atom stereocenters. The normalized spacial score (nSPS) is 14.0. The van der Waals surface area contributed by atoms with Crippen LogP contribution in [0.5, 0.6) is 0 Å². The van der Waals surface area contributed by atoms with Gasteiger partial charge in [-0.15, -0.1) is 0 Å². The minimum absolute atomic E-state index is 0.0367. The first-order valence-electron chi connectivity index (χ1n) is 41.5. The molecule has 0 aliphatic carbocycles. The first-order chi connectivity index (χ1) is 50.0. The van der Waals surface area contributed by atoms with E-state index in [1.165, 1.54) is 167 Å². The molecule has 0 aromatic heterocycles. The zero-order valence-electron chi connectivity index (χ0n) is 66.2. The fraction of sp³-hybridized carbons (Fsp3) is 0.652. The van der Waals surface area contributed by atoms with E-state index in [1.54, 1.807) is 0 Å². The first kappa shape index (κ1) is 97.1. The molecule has 580 valence electrons. The summed E-state index contributed by atoms with van der Waals surface area (Å²) in [7, 11) is 1.16. The van der Waals surface area contributed by atoms with Gasteiger partial charge in [0.05, 0.1) is 27.7 Å². The second-order valence-electron chi connectivity index (χ2n) is 28.4. The molecule has 0 bridgehead atoms. The number of rotatable bonds is 75. The molecule has 0 saturated heterocycles. The fourth-order valence-electron chi connectivity index (χ4n) is 11.2. The monoisotopic (exact) mass is 1430 g/mol. The summed E-state index contributed by atoms with van der Waals surface area (Å²) in [5, 5.41) is 0. The van der Waals surface area contributed by atoms with Gasteiger partial charge in [-0.1, -0.05) is 369 Å². The van der Waals surface area contributed by atoms with E-state index in [1.807, 2.05) is 21.1 Å². The SMILES string of the molecule is CC/C=C\C/C=C\C/C=C\C/C=C\C/C=C\C/C=C\C/C=C\C/C=C\C/C=C\CCCCCCCCCCCCCCCC(=O)OC(COC(=O)CCCCCCCCCCCCCCCCCCCC/C=C\C/C=C\C/C=C\C/C=C\C/C=C\C/C=C\CC)COP(=O)([O-])OCC[N+](C)(C)C. The van der Waals surface area contributed by atoms with Crippen molar-refractivity contribution in [3.63, 3.8) is 0 Å². The van der Waals surface area contributed by atoms with Crippen LogP contribution in [0.25, 0.3) is 0 Å². The Bertz CT molecular complexity index is 2390. The molecule has 0 aromatic rings. The number of likely N-dealkylation sites (N-methyl/N-ethyl adjacent to an activating group) is 1. The lowest BCUT2D eigenvalue weighted by Crippen LogP contribution is -2.37. The van der Waals surface area contributed by atoms with E-state index < -0.39 is 26.5 Å². The number of phosphoric ester groups is 1. The van der Waals surface area contributed by atoms with Gasteiger partial charge in [-0.05, 0) is 135 Å². The van der Waals surface area contributed by atoms with E-state index in [4.69, 9.17) is 18.5 Å². The summed E-state index contributed by atoms with van der Waals surface area (Å²) in [6.07, 6.45) is 123. The molecule has 0 fully saturated rings. The van der Waals surface area contributed by atoms with Crippen LogP contribution in [-0.4, -0.2) is 70.0 Å². The highest BCUT2D eigenvalue weighted by Gasteiger charge is 2.22. The van der Waals surface area contributed by atoms with E-state index in [2.05, 4.69) is 196 Å². The van der Waals surface area contributed by atoms with Crippen LogP contribution in [0, 0.1) is 0 Å². The highest BCUT2D eigenvalue weighted by Crippen LogP contribution is 2.38. The molecule has 0 aliphatic rings. The lowest BCUT2D eigenvalue weighted by Gasteiger charge is -2.28. The van der Waals surface area contributed by atoms with Gasteiger partial charge in [-0.3, -0.25) is 14.2 Å². The predicted molar refractivity (Wildman–Crippen MR) is 443 cm³/mol. The fourth-order valence-corrected chi connectivity index (χ4v) is 11.9. The molecule has 9 nitrogen and oxygen atoms in total. The molecule has 0 heterocycles. The van der Waals surface area contributed by atoms with E-state index in [-0.39, 0.29) is 32.0 Å². The minimum atomic E-state index is -4.66. The Kier molecular flexibility index (Phi) is 76.4. The minimum Gasteiger partial charge on any atom is -0.756 e. The molecular weight excluding hydrogens is 1280 g/mol. The van der Waals surface area contributed by atoms with Crippen LogP contribution >= 0.6 is 7.82 Å². The summed E-state index contributed by atoms with van der Waals surface area (Å²) in [6.45, 7) is 4.03. The Morgan fingerprint density at radius 2 is 0.529 bits per heavy atom. The van der Waals surface area contributed by atoms with E-state index >= 15 is 0 Å². The second kappa shape index (κ2) is 80.2. The average molecular weight is 1430 g/mol. The zero-order chi connectivity index (χ0) is 74.0. The molecular formula is C92H154NO8P. The van der Waals surface area contributed by atoms with Crippen LogP contribution in [0.2, 0.25) is 0 Å². The van der Waals surface area contributed by atoms with Crippen molar-refractivity contribution < 1.29 is 42.1 Å². The summed E-state index contributed by atoms with van der Waals surface area (Å²) in [6, 6.07) is 0. The van der Waals surface area contributed by atoms with Gasteiger partial charge in [0, 0.05) is 12.8 Å². The van der Waals surface area contributed by atoms with Gasteiger partial charge >= 0.3 is 11.9 Å². The molecule has 2 atom stereocenters. The second-order valence-corrected chi connectivity index (χ2v) is 29.8. The van der Waals surface area contributed by atoms with Crippen LogP contribution in [0.15, 0.2) is 182 Å². The summed E-state index contributed by atoms with van der Waals surface area (Å²) in [5.41, 5.74) is 0. The van der Waals surface area contributed by atoms with Crippen molar-refractivity contribution in [1.82, 2.24) is 0 Å². The average Bonchev–Trinajstić information content (AvgIpc) is 0.916. The summed E-state index contributed by atoms with van der Waals surface area (Å²) >= 11 is 0. The number of phosphoric acid groups is 1. The molecule has 0 radical (unpaired) electrons. The van der Waals surface area contributed by atoms with E-state index in [0.717, 1.165) is 135 Å². The van der Waals surface area contributed by atoms with Crippen LogP contribution in [0.3, 0.4) is 0 Å². The summed E-state index contributed by atoms with van der Waals surface area (Å²) in [5.74, 6) is -0.832. The Morgan fingerprint density at radius 3 is 0.784 bits per heavy atom. The molecule has 0 saturated carbocycles. The van der Waals surface area contributed by atoms with Crippen molar-refractivity contribution >= 4 is 19.8 Å².